The molecule has 0 saturated carbocycles. The molecule has 0 aromatic heterocycles. The number of anilines is 1. The average molecular weight is 350 g/mol. The van der Waals surface area contributed by atoms with Crippen LogP contribution in [0.2, 0.25) is 0 Å². The van der Waals surface area contributed by atoms with Gasteiger partial charge in [-0.2, -0.15) is 0 Å². The Morgan fingerprint density at radius 1 is 1.24 bits per heavy atom. The highest BCUT2D eigenvalue weighted by Gasteiger charge is 2.13. The second kappa shape index (κ2) is 6.63. The molecule has 2 aromatic rings. The number of halogens is 1. The van der Waals surface area contributed by atoms with Gasteiger partial charge >= 0.3 is 5.97 Å². The van der Waals surface area contributed by atoms with Crippen molar-refractivity contribution in [3.05, 3.63) is 52.0 Å². The number of carbonyl (C=O) groups is 1. The summed E-state index contributed by atoms with van der Waals surface area (Å²) in [4.78, 5) is 11.8. The number of esters is 1. The summed E-state index contributed by atoms with van der Waals surface area (Å²) in [7, 11) is 0. The lowest BCUT2D eigenvalue weighted by atomic mass is 10.1. The van der Waals surface area contributed by atoms with E-state index < -0.39 is 5.97 Å². The first kappa shape index (κ1) is 15.4. The Labute approximate surface area is 132 Å². The first-order chi connectivity index (χ1) is 10.0. The summed E-state index contributed by atoms with van der Waals surface area (Å²) in [6.07, 6.45) is 0. The lowest BCUT2D eigenvalue weighted by Crippen LogP contribution is -2.08. The van der Waals surface area contributed by atoms with Crippen LogP contribution in [-0.4, -0.2) is 12.6 Å². The molecule has 0 atom stereocenters. The van der Waals surface area contributed by atoms with Crippen molar-refractivity contribution in [2.45, 2.75) is 13.8 Å². The Morgan fingerprint density at radius 3 is 2.71 bits per heavy atom. The van der Waals surface area contributed by atoms with E-state index in [0.29, 0.717) is 29.4 Å². The largest absolute Gasteiger partial charge is 0.462 e. The van der Waals surface area contributed by atoms with Gasteiger partial charge in [0.15, 0.2) is 0 Å². The smallest absolute Gasteiger partial charge is 0.340 e. The molecule has 5 heteroatoms. The summed E-state index contributed by atoms with van der Waals surface area (Å²) in [5.74, 6) is 0.795. The molecule has 0 bridgehead atoms. The van der Waals surface area contributed by atoms with Crippen molar-refractivity contribution >= 4 is 27.6 Å². The van der Waals surface area contributed by atoms with E-state index in [-0.39, 0.29) is 0 Å². The van der Waals surface area contributed by atoms with E-state index >= 15 is 0 Å². The quantitative estimate of drug-likeness (QED) is 0.659. The van der Waals surface area contributed by atoms with Gasteiger partial charge < -0.3 is 15.2 Å². The second-order valence-electron chi connectivity index (χ2n) is 4.48. The summed E-state index contributed by atoms with van der Waals surface area (Å²) < 4.78 is 11.7. The molecule has 0 aliphatic carbocycles. The van der Waals surface area contributed by atoms with Crippen molar-refractivity contribution in [2.75, 3.05) is 12.3 Å². The van der Waals surface area contributed by atoms with Crippen LogP contribution < -0.4 is 10.5 Å². The van der Waals surface area contributed by atoms with Crippen molar-refractivity contribution in [3.8, 4) is 11.5 Å². The van der Waals surface area contributed by atoms with Gasteiger partial charge in [-0.3, -0.25) is 0 Å². The number of rotatable bonds is 4. The number of ether oxygens (including phenoxy) is 2. The molecule has 110 valence electrons. The molecule has 2 rings (SSSR count). The van der Waals surface area contributed by atoms with Gasteiger partial charge in [0.25, 0.3) is 0 Å². The molecule has 2 aromatic carbocycles. The van der Waals surface area contributed by atoms with E-state index in [1.807, 2.05) is 25.1 Å². The lowest BCUT2D eigenvalue weighted by Gasteiger charge is -2.11. The molecule has 0 unspecified atom stereocenters. The van der Waals surface area contributed by atoms with Gasteiger partial charge in [-0.25, -0.2) is 4.79 Å². The number of carbonyl (C=O) groups excluding carboxylic acids is 1. The highest BCUT2D eigenvalue weighted by Crippen LogP contribution is 2.30. The van der Waals surface area contributed by atoms with Crippen molar-refractivity contribution in [1.82, 2.24) is 0 Å². The maximum Gasteiger partial charge on any atom is 0.340 e. The van der Waals surface area contributed by atoms with Gasteiger partial charge in [0.2, 0.25) is 0 Å². The molecule has 0 aliphatic heterocycles. The molecule has 0 aliphatic rings. The number of benzene rings is 2. The number of nitrogens with two attached hydrogens (primary N) is 1. The molecule has 0 fully saturated rings. The van der Waals surface area contributed by atoms with Crippen LogP contribution in [0.25, 0.3) is 0 Å². The SMILES string of the molecule is CCOC(=O)c1cc(Oc2cc(Br)ccc2C)ccc1N. The van der Waals surface area contributed by atoms with Crippen LogP contribution in [0.5, 0.6) is 11.5 Å². The van der Waals surface area contributed by atoms with Crippen LogP contribution in [0.1, 0.15) is 22.8 Å². The first-order valence-corrected chi connectivity index (χ1v) is 7.31. The van der Waals surface area contributed by atoms with Crippen molar-refractivity contribution in [2.24, 2.45) is 0 Å². The van der Waals surface area contributed by atoms with Gasteiger partial charge in [0.1, 0.15) is 11.5 Å². The first-order valence-electron chi connectivity index (χ1n) is 6.52. The second-order valence-corrected chi connectivity index (χ2v) is 5.40. The zero-order valence-electron chi connectivity index (χ0n) is 11.9. The minimum Gasteiger partial charge on any atom is -0.462 e. The van der Waals surface area contributed by atoms with E-state index in [1.54, 1.807) is 25.1 Å². The van der Waals surface area contributed by atoms with Crippen LogP contribution in [0, 0.1) is 6.92 Å². The Hall–Kier alpha value is -2.01. The minimum absolute atomic E-state index is 0.300. The van der Waals surface area contributed by atoms with Crippen LogP contribution in [0.4, 0.5) is 5.69 Å². The maximum atomic E-state index is 11.8. The van der Waals surface area contributed by atoms with E-state index in [9.17, 15) is 4.79 Å². The Morgan fingerprint density at radius 2 is 2.00 bits per heavy atom. The number of aryl methyl sites for hydroxylation is 1. The molecule has 0 saturated heterocycles. The Bertz CT molecular complexity index is 671. The lowest BCUT2D eigenvalue weighted by molar-refractivity contribution is 0.0527. The Balaban J connectivity index is 2.31. The predicted octanol–water partition coefficient (Wildman–Crippen LogP) is 4.31. The topological polar surface area (TPSA) is 61.5 Å². The molecule has 0 spiro atoms. The third-order valence-corrected chi connectivity index (χ3v) is 3.39. The van der Waals surface area contributed by atoms with E-state index in [1.165, 1.54) is 0 Å². The summed E-state index contributed by atoms with van der Waals surface area (Å²) in [6.45, 7) is 4.00. The van der Waals surface area contributed by atoms with E-state index in [2.05, 4.69) is 15.9 Å². The van der Waals surface area contributed by atoms with Crippen LogP contribution in [0.3, 0.4) is 0 Å². The highest BCUT2D eigenvalue weighted by molar-refractivity contribution is 9.10. The third kappa shape index (κ3) is 3.76. The molecule has 21 heavy (non-hydrogen) atoms. The molecule has 0 amide bonds. The van der Waals surface area contributed by atoms with Crippen molar-refractivity contribution in [3.63, 3.8) is 0 Å². The van der Waals surface area contributed by atoms with Gasteiger partial charge in [0, 0.05) is 10.2 Å². The van der Waals surface area contributed by atoms with E-state index in [0.717, 1.165) is 10.0 Å². The van der Waals surface area contributed by atoms with E-state index in [4.69, 9.17) is 15.2 Å². The van der Waals surface area contributed by atoms with Crippen LogP contribution in [-0.2, 0) is 4.74 Å². The summed E-state index contributed by atoms with van der Waals surface area (Å²) in [5, 5.41) is 0. The zero-order valence-corrected chi connectivity index (χ0v) is 13.4. The van der Waals surface area contributed by atoms with Crippen LogP contribution in [0.15, 0.2) is 40.9 Å². The normalized spacial score (nSPS) is 10.2. The molecule has 0 radical (unpaired) electrons. The van der Waals surface area contributed by atoms with Crippen molar-refractivity contribution in [1.29, 1.82) is 0 Å². The van der Waals surface area contributed by atoms with Crippen molar-refractivity contribution < 1.29 is 14.3 Å². The number of hydrogen-bond donors (Lipinski definition) is 1. The van der Waals surface area contributed by atoms with Gasteiger partial charge in [-0.1, -0.05) is 22.0 Å². The van der Waals surface area contributed by atoms with Crippen LogP contribution >= 0.6 is 15.9 Å². The standard InChI is InChI=1S/C16H16BrNO3/c1-3-20-16(19)13-9-12(6-7-14(13)18)21-15-8-11(17)5-4-10(15)2/h4-9H,3,18H2,1-2H3. The fraction of sp³-hybridized carbons (Fsp3) is 0.188. The Kier molecular flexibility index (Phi) is 4.85. The average Bonchev–Trinajstić information content (AvgIpc) is 2.45. The fourth-order valence-corrected chi connectivity index (χ4v) is 2.14. The van der Waals surface area contributed by atoms with Gasteiger partial charge in [-0.15, -0.1) is 0 Å². The predicted molar refractivity (Wildman–Crippen MR) is 85.8 cm³/mol. The molecule has 4 nitrogen and oxygen atoms in total. The van der Waals surface area contributed by atoms with Gasteiger partial charge in [-0.05, 0) is 49.7 Å². The molecule has 0 heterocycles. The maximum absolute atomic E-state index is 11.8. The summed E-state index contributed by atoms with van der Waals surface area (Å²) in [5.41, 5.74) is 7.47. The number of nitrogen functional groups attached to an aromatic ring is 1. The highest BCUT2D eigenvalue weighted by atomic mass is 79.9. The zero-order chi connectivity index (χ0) is 15.4. The fourth-order valence-electron chi connectivity index (χ4n) is 1.80. The molecular weight excluding hydrogens is 334 g/mol. The molecular formula is C16H16BrNO3. The summed E-state index contributed by atoms with van der Waals surface area (Å²) in [6, 6.07) is 10.7. The van der Waals surface area contributed by atoms with Gasteiger partial charge in [0.05, 0.1) is 12.2 Å². The molecule has 2 N–H and O–H groups in total. The minimum atomic E-state index is -0.452. The third-order valence-electron chi connectivity index (χ3n) is 2.90. The number of hydrogen-bond acceptors (Lipinski definition) is 4. The summed E-state index contributed by atoms with van der Waals surface area (Å²) >= 11 is 3.41. The monoisotopic (exact) mass is 349 g/mol.